The van der Waals surface area contributed by atoms with Crippen LogP contribution in [0.1, 0.15) is 111 Å². The first-order valence-electron chi connectivity index (χ1n) is 17.0. The number of rotatable bonds is 16. The Morgan fingerprint density at radius 1 is 0.977 bits per heavy atom. The molecule has 0 saturated carbocycles. The highest BCUT2D eigenvalue weighted by atomic mass is 16.7. The summed E-state index contributed by atoms with van der Waals surface area (Å²) in [5.74, 6) is -0.214. The van der Waals surface area contributed by atoms with Crippen molar-refractivity contribution in [1.82, 2.24) is 10.6 Å². The summed E-state index contributed by atoms with van der Waals surface area (Å²) in [5.41, 5.74) is 0. The second kappa shape index (κ2) is 17.7. The Morgan fingerprint density at radius 2 is 1.74 bits per heavy atom. The van der Waals surface area contributed by atoms with Crippen LogP contribution in [0.25, 0.3) is 0 Å². The molecule has 2 amide bonds. The van der Waals surface area contributed by atoms with E-state index in [1.807, 2.05) is 12.2 Å². The third kappa shape index (κ3) is 11.3. The van der Waals surface area contributed by atoms with Crippen LogP contribution in [-0.4, -0.2) is 66.3 Å². The van der Waals surface area contributed by atoms with E-state index in [1.54, 1.807) is 6.92 Å². The molecular weight excluding hydrogens is 544 g/mol. The van der Waals surface area contributed by atoms with Crippen molar-refractivity contribution in [1.29, 1.82) is 0 Å². The van der Waals surface area contributed by atoms with E-state index in [0.717, 1.165) is 77.0 Å². The van der Waals surface area contributed by atoms with Crippen LogP contribution >= 0.6 is 0 Å². The van der Waals surface area contributed by atoms with Gasteiger partial charge in [-0.25, -0.2) is 0 Å². The van der Waals surface area contributed by atoms with Gasteiger partial charge in [0.2, 0.25) is 11.8 Å². The van der Waals surface area contributed by atoms with Crippen LogP contribution in [-0.2, 0) is 23.8 Å². The highest BCUT2D eigenvalue weighted by molar-refractivity contribution is 5.79. The molecule has 3 aliphatic heterocycles. The van der Waals surface area contributed by atoms with Crippen molar-refractivity contribution in [3.05, 3.63) is 25.3 Å². The summed E-state index contributed by atoms with van der Waals surface area (Å²) in [7, 11) is 0. The minimum Gasteiger partial charge on any atom is -0.390 e. The topological polar surface area (TPSA) is 106 Å². The van der Waals surface area contributed by atoms with Crippen molar-refractivity contribution in [3.63, 3.8) is 0 Å². The first-order valence-corrected chi connectivity index (χ1v) is 17.0. The Kier molecular flexibility index (Phi) is 14.7. The molecule has 0 aromatic carbocycles. The van der Waals surface area contributed by atoms with Crippen LogP contribution in [0, 0.1) is 23.7 Å². The number of hydrogen-bond acceptors (Lipinski definition) is 6. The zero-order chi connectivity index (χ0) is 31.4. The van der Waals surface area contributed by atoms with E-state index in [2.05, 4.69) is 44.6 Å². The summed E-state index contributed by atoms with van der Waals surface area (Å²) in [6.07, 6.45) is 15.3. The fourth-order valence-corrected chi connectivity index (χ4v) is 6.68. The van der Waals surface area contributed by atoms with E-state index >= 15 is 0 Å². The summed E-state index contributed by atoms with van der Waals surface area (Å²) < 4.78 is 19.4. The molecule has 8 nitrogen and oxygen atoms in total. The number of aliphatic hydroxyl groups is 1. The van der Waals surface area contributed by atoms with Gasteiger partial charge in [0.25, 0.3) is 0 Å². The number of ether oxygens (including phenoxy) is 3. The standard InChI is InChI=1S/C35H60N2O6/c1-7-11-28-17-15-25(4)32(41-28)22-33(39)37-23-30(38)27(6)34(40)36-21-10-13-31-26(5)18-20-35(43-31)19-9-12-29(42-35)16-14-24(3)8-2/h7-8,24-32,38H,1-2,9-23H2,3-6H3,(H,36,40)(H,37,39)/t24-,25+,26+,27+,28?,29+,30+,31-,32+,35+/m1/s1. The molecular formula is C35H60N2O6. The first kappa shape index (κ1) is 35.7. The van der Waals surface area contributed by atoms with Gasteiger partial charge in [-0.1, -0.05) is 39.8 Å². The Hall–Kier alpha value is -1.74. The van der Waals surface area contributed by atoms with Crippen molar-refractivity contribution >= 4 is 11.8 Å². The van der Waals surface area contributed by atoms with E-state index in [0.29, 0.717) is 24.3 Å². The summed E-state index contributed by atoms with van der Waals surface area (Å²) in [4.78, 5) is 25.3. The molecule has 3 fully saturated rings. The molecule has 3 aliphatic rings. The molecule has 1 spiro atoms. The van der Waals surface area contributed by atoms with E-state index < -0.39 is 17.8 Å². The average Bonchev–Trinajstić information content (AvgIpc) is 3.00. The molecule has 0 bridgehead atoms. The third-order valence-electron chi connectivity index (χ3n) is 10.0. The van der Waals surface area contributed by atoms with E-state index in [1.165, 1.54) is 0 Å². The normalized spacial score (nSPS) is 33.2. The molecule has 3 saturated heterocycles. The van der Waals surface area contributed by atoms with Crippen LogP contribution in [0.3, 0.4) is 0 Å². The molecule has 3 rings (SSSR count). The van der Waals surface area contributed by atoms with Crippen LogP contribution in [0.15, 0.2) is 25.3 Å². The van der Waals surface area contributed by atoms with Crippen LogP contribution < -0.4 is 10.6 Å². The van der Waals surface area contributed by atoms with Gasteiger partial charge in [-0.2, -0.15) is 0 Å². The number of allylic oxidation sites excluding steroid dienone is 1. The van der Waals surface area contributed by atoms with E-state index in [-0.39, 0.29) is 49.2 Å². The molecule has 8 heteroatoms. The maximum absolute atomic E-state index is 12.7. The molecule has 43 heavy (non-hydrogen) atoms. The van der Waals surface area contributed by atoms with Crippen molar-refractivity contribution < 1.29 is 28.9 Å². The summed E-state index contributed by atoms with van der Waals surface area (Å²) >= 11 is 0. The average molecular weight is 605 g/mol. The fourth-order valence-electron chi connectivity index (χ4n) is 6.68. The number of carbonyl (C=O) groups excluding carboxylic acids is 2. The Labute approximate surface area is 260 Å². The van der Waals surface area contributed by atoms with Gasteiger partial charge in [0.05, 0.1) is 42.9 Å². The van der Waals surface area contributed by atoms with Gasteiger partial charge in [-0.05, 0) is 82.0 Å². The number of amides is 2. The lowest BCUT2D eigenvalue weighted by atomic mass is 9.85. The second-order valence-electron chi connectivity index (χ2n) is 13.7. The molecule has 3 N–H and O–H groups in total. The maximum atomic E-state index is 12.7. The van der Waals surface area contributed by atoms with Crippen LogP contribution in [0.2, 0.25) is 0 Å². The molecule has 0 aliphatic carbocycles. The smallest absolute Gasteiger partial charge is 0.225 e. The van der Waals surface area contributed by atoms with Crippen molar-refractivity contribution in [2.24, 2.45) is 23.7 Å². The van der Waals surface area contributed by atoms with Crippen molar-refractivity contribution in [2.45, 2.75) is 147 Å². The van der Waals surface area contributed by atoms with Crippen molar-refractivity contribution in [2.75, 3.05) is 13.1 Å². The molecule has 0 aromatic rings. The minimum absolute atomic E-state index is 0.0353. The monoisotopic (exact) mass is 604 g/mol. The minimum atomic E-state index is -0.963. The zero-order valence-electron chi connectivity index (χ0n) is 27.4. The quantitative estimate of drug-likeness (QED) is 0.151. The highest BCUT2D eigenvalue weighted by Gasteiger charge is 2.44. The molecule has 3 heterocycles. The molecule has 0 aromatic heterocycles. The van der Waals surface area contributed by atoms with Crippen LogP contribution in [0.4, 0.5) is 0 Å². The van der Waals surface area contributed by atoms with E-state index in [4.69, 9.17) is 14.2 Å². The second-order valence-corrected chi connectivity index (χ2v) is 13.7. The number of hydrogen-bond donors (Lipinski definition) is 3. The van der Waals surface area contributed by atoms with Gasteiger partial charge in [-0.15, -0.1) is 13.2 Å². The lowest BCUT2D eigenvalue weighted by molar-refractivity contribution is -0.324. The van der Waals surface area contributed by atoms with E-state index in [9.17, 15) is 14.7 Å². The summed E-state index contributed by atoms with van der Waals surface area (Å²) in [5, 5.41) is 16.4. The number of nitrogens with one attached hydrogen (secondary N) is 2. The van der Waals surface area contributed by atoms with Gasteiger partial charge in [-0.3, -0.25) is 9.59 Å². The Morgan fingerprint density at radius 3 is 2.49 bits per heavy atom. The van der Waals surface area contributed by atoms with Gasteiger partial charge in [0.1, 0.15) is 0 Å². The molecule has 10 atom stereocenters. The lowest BCUT2D eigenvalue weighted by Gasteiger charge is -2.48. The number of carbonyl (C=O) groups is 2. The maximum Gasteiger partial charge on any atom is 0.225 e. The predicted octanol–water partition coefficient (Wildman–Crippen LogP) is 5.83. The van der Waals surface area contributed by atoms with Crippen LogP contribution in [0.5, 0.6) is 0 Å². The molecule has 246 valence electrons. The largest absolute Gasteiger partial charge is 0.390 e. The Balaban J connectivity index is 1.35. The number of aliphatic hydroxyl groups excluding tert-OH is 1. The van der Waals surface area contributed by atoms with Gasteiger partial charge < -0.3 is 30.0 Å². The predicted molar refractivity (Wildman–Crippen MR) is 170 cm³/mol. The summed E-state index contributed by atoms with van der Waals surface area (Å²) in [6, 6.07) is 0. The zero-order valence-corrected chi connectivity index (χ0v) is 27.4. The highest BCUT2D eigenvalue weighted by Crippen LogP contribution is 2.43. The summed E-state index contributed by atoms with van der Waals surface area (Å²) in [6.45, 7) is 16.5. The van der Waals surface area contributed by atoms with Gasteiger partial charge in [0.15, 0.2) is 5.79 Å². The molecule has 1 unspecified atom stereocenters. The lowest BCUT2D eigenvalue weighted by Crippen LogP contribution is -2.50. The Bertz CT molecular complexity index is 898. The third-order valence-corrected chi connectivity index (χ3v) is 10.0. The van der Waals surface area contributed by atoms with Crippen molar-refractivity contribution in [3.8, 4) is 0 Å². The van der Waals surface area contributed by atoms with Gasteiger partial charge >= 0.3 is 0 Å². The fraction of sp³-hybridized carbons (Fsp3) is 0.829. The first-order chi connectivity index (χ1) is 20.6. The molecule has 0 radical (unpaired) electrons. The SMILES string of the molecule is C=CCC1CC[C@H](C)[C@H](CC(=O)NC[C@H](O)[C@H](C)C(=O)NCCC[C@H]2O[C@@]3(CCC[C@@H](CC[C@H](C)C=C)O3)CC[C@@H]2C)O1. The van der Waals surface area contributed by atoms with Gasteiger partial charge in [0, 0.05) is 25.9 Å².